The van der Waals surface area contributed by atoms with E-state index in [4.69, 9.17) is 9.47 Å². The highest BCUT2D eigenvalue weighted by molar-refractivity contribution is 5.98. The molecule has 0 saturated heterocycles. The zero-order valence-corrected chi connectivity index (χ0v) is 16.3. The Balaban J connectivity index is 1.47. The topological polar surface area (TPSA) is 84.9 Å². The fourth-order valence-corrected chi connectivity index (χ4v) is 3.65. The van der Waals surface area contributed by atoms with E-state index in [1.54, 1.807) is 19.1 Å². The monoisotopic (exact) mass is 388 g/mol. The van der Waals surface area contributed by atoms with Gasteiger partial charge in [-0.2, -0.15) is 0 Å². The van der Waals surface area contributed by atoms with Gasteiger partial charge < -0.3 is 19.7 Å². The molecule has 1 aromatic carbocycles. The number of benzene rings is 1. The van der Waals surface area contributed by atoms with Crippen LogP contribution >= 0.6 is 0 Å². The average molecular weight is 388 g/mol. The molecule has 0 bridgehead atoms. The fourth-order valence-electron chi connectivity index (χ4n) is 3.65. The largest absolute Gasteiger partial charge is 0.482 e. The lowest BCUT2D eigenvalue weighted by molar-refractivity contribution is -0.154. The Morgan fingerprint density at radius 2 is 1.93 bits per heavy atom. The van der Waals surface area contributed by atoms with Crippen LogP contribution in [0, 0.1) is 0 Å². The van der Waals surface area contributed by atoms with Crippen molar-refractivity contribution in [3.63, 3.8) is 0 Å². The first-order valence-electron chi connectivity index (χ1n) is 10.1. The van der Waals surface area contributed by atoms with Gasteiger partial charge in [0.2, 0.25) is 0 Å². The van der Waals surface area contributed by atoms with Crippen molar-refractivity contribution in [2.75, 3.05) is 18.1 Å². The van der Waals surface area contributed by atoms with Crippen LogP contribution in [0.25, 0.3) is 0 Å². The van der Waals surface area contributed by atoms with E-state index in [1.165, 1.54) is 17.7 Å². The number of esters is 1. The fraction of sp³-hybridized carbons (Fsp3) is 0.571. The average Bonchev–Trinajstić information content (AvgIpc) is 2.95. The van der Waals surface area contributed by atoms with E-state index in [0.29, 0.717) is 11.4 Å². The van der Waals surface area contributed by atoms with Crippen LogP contribution in [0.15, 0.2) is 24.3 Å². The van der Waals surface area contributed by atoms with Gasteiger partial charge in [-0.1, -0.05) is 37.8 Å². The number of fused-ring (bicyclic) bond motifs is 1. The highest BCUT2D eigenvalue weighted by Crippen LogP contribution is 2.31. The lowest BCUT2D eigenvalue weighted by atomic mass is 10.1. The number of para-hydroxylation sites is 2. The quantitative estimate of drug-likeness (QED) is 0.598. The minimum absolute atomic E-state index is 0.0150. The van der Waals surface area contributed by atoms with E-state index in [-0.39, 0.29) is 37.4 Å². The minimum atomic E-state index is -0.844. The molecule has 7 heteroatoms. The maximum absolute atomic E-state index is 12.3. The second kappa shape index (κ2) is 9.57. The summed E-state index contributed by atoms with van der Waals surface area (Å²) in [6.07, 6.45) is 5.78. The van der Waals surface area contributed by atoms with Crippen molar-refractivity contribution in [1.29, 1.82) is 0 Å². The van der Waals surface area contributed by atoms with E-state index in [9.17, 15) is 14.4 Å². The van der Waals surface area contributed by atoms with Gasteiger partial charge >= 0.3 is 5.97 Å². The van der Waals surface area contributed by atoms with E-state index in [1.807, 2.05) is 12.1 Å². The van der Waals surface area contributed by atoms with Gasteiger partial charge in [-0.3, -0.25) is 14.4 Å². The predicted octanol–water partition coefficient (Wildman–Crippen LogP) is 2.57. The first-order valence-corrected chi connectivity index (χ1v) is 10.1. The number of carbonyl (C=O) groups excluding carboxylic acids is 3. The highest BCUT2D eigenvalue weighted by atomic mass is 16.5. The molecule has 28 heavy (non-hydrogen) atoms. The molecule has 1 heterocycles. The summed E-state index contributed by atoms with van der Waals surface area (Å²) < 4.78 is 10.7. The number of ether oxygens (including phenoxy) is 2. The van der Waals surface area contributed by atoms with Crippen molar-refractivity contribution in [2.24, 2.45) is 0 Å². The molecular formula is C21H28N2O5. The molecule has 1 aromatic rings. The number of rotatable bonds is 6. The smallest absolute Gasteiger partial charge is 0.308 e. The van der Waals surface area contributed by atoms with Crippen molar-refractivity contribution in [1.82, 2.24) is 5.32 Å². The minimum Gasteiger partial charge on any atom is -0.482 e. The van der Waals surface area contributed by atoms with Crippen LogP contribution in [0.1, 0.15) is 51.9 Å². The molecule has 2 amide bonds. The Bertz CT molecular complexity index is 713. The molecule has 0 unspecified atom stereocenters. The predicted molar refractivity (Wildman–Crippen MR) is 104 cm³/mol. The number of amides is 2. The summed E-state index contributed by atoms with van der Waals surface area (Å²) in [4.78, 5) is 38.2. The Morgan fingerprint density at radius 3 is 2.68 bits per heavy atom. The summed E-state index contributed by atoms with van der Waals surface area (Å²) in [5.41, 5.74) is 0.644. The number of carbonyl (C=O) groups is 3. The summed E-state index contributed by atoms with van der Waals surface area (Å²) >= 11 is 0. The zero-order chi connectivity index (χ0) is 19.9. The van der Waals surface area contributed by atoms with E-state index < -0.39 is 12.1 Å². The van der Waals surface area contributed by atoms with Crippen molar-refractivity contribution < 1.29 is 23.9 Å². The SMILES string of the molecule is C[C@@H](OC(=O)CCN1C(=O)COc2ccccc21)C(=O)NC1CCCCCC1. The first-order chi connectivity index (χ1) is 13.5. The second-order valence-electron chi connectivity index (χ2n) is 7.38. The summed E-state index contributed by atoms with van der Waals surface area (Å²) in [7, 11) is 0. The molecule has 0 radical (unpaired) electrons. The second-order valence-corrected chi connectivity index (χ2v) is 7.38. The Morgan fingerprint density at radius 1 is 1.21 bits per heavy atom. The lowest BCUT2D eigenvalue weighted by Crippen LogP contribution is -2.43. The van der Waals surface area contributed by atoms with Gasteiger partial charge in [0.15, 0.2) is 12.7 Å². The van der Waals surface area contributed by atoms with Crippen LogP contribution in [0.5, 0.6) is 5.75 Å². The van der Waals surface area contributed by atoms with Crippen LogP contribution in [0.4, 0.5) is 5.69 Å². The Hall–Kier alpha value is -2.57. The zero-order valence-electron chi connectivity index (χ0n) is 16.3. The van der Waals surface area contributed by atoms with Crippen LogP contribution in [0.3, 0.4) is 0 Å². The number of hydrogen-bond donors (Lipinski definition) is 1. The number of nitrogens with zero attached hydrogens (tertiary/aromatic N) is 1. The molecule has 152 valence electrons. The third-order valence-corrected chi connectivity index (χ3v) is 5.23. The van der Waals surface area contributed by atoms with E-state index in [0.717, 1.165) is 25.7 Å². The van der Waals surface area contributed by atoms with Gasteiger partial charge in [0.1, 0.15) is 5.75 Å². The Labute approximate surface area is 165 Å². The first kappa shape index (κ1) is 20.2. The van der Waals surface area contributed by atoms with Crippen molar-refractivity contribution >= 4 is 23.5 Å². The molecule has 1 aliphatic heterocycles. The maximum Gasteiger partial charge on any atom is 0.308 e. The molecule has 1 aliphatic carbocycles. The van der Waals surface area contributed by atoms with Gasteiger partial charge in [-0.15, -0.1) is 0 Å². The van der Waals surface area contributed by atoms with Crippen LogP contribution < -0.4 is 15.0 Å². The highest BCUT2D eigenvalue weighted by Gasteiger charge is 2.27. The van der Waals surface area contributed by atoms with Crippen LogP contribution in [0.2, 0.25) is 0 Å². The molecule has 1 saturated carbocycles. The normalized spacial score (nSPS) is 18.5. The van der Waals surface area contributed by atoms with Gasteiger partial charge in [0.05, 0.1) is 12.1 Å². The molecular weight excluding hydrogens is 360 g/mol. The Kier molecular flexibility index (Phi) is 6.90. The van der Waals surface area contributed by atoms with Gasteiger partial charge in [-0.25, -0.2) is 0 Å². The molecule has 2 aliphatic rings. The van der Waals surface area contributed by atoms with E-state index >= 15 is 0 Å². The number of nitrogens with one attached hydrogen (secondary N) is 1. The van der Waals surface area contributed by atoms with Gasteiger partial charge in [0.25, 0.3) is 11.8 Å². The molecule has 7 nitrogen and oxygen atoms in total. The molecule has 1 fully saturated rings. The van der Waals surface area contributed by atoms with Crippen molar-refractivity contribution in [2.45, 2.75) is 64.0 Å². The summed E-state index contributed by atoms with van der Waals surface area (Å²) in [5, 5.41) is 2.99. The molecule has 1 N–H and O–H groups in total. The third kappa shape index (κ3) is 5.24. The third-order valence-electron chi connectivity index (χ3n) is 5.23. The van der Waals surface area contributed by atoms with Crippen molar-refractivity contribution in [3.05, 3.63) is 24.3 Å². The van der Waals surface area contributed by atoms with E-state index in [2.05, 4.69) is 5.32 Å². The molecule has 1 atom stereocenters. The van der Waals surface area contributed by atoms with Crippen LogP contribution in [-0.2, 0) is 19.1 Å². The summed E-state index contributed by atoms with van der Waals surface area (Å²) in [5.74, 6) is -0.342. The maximum atomic E-state index is 12.3. The van der Waals surface area contributed by atoms with Crippen molar-refractivity contribution in [3.8, 4) is 5.75 Å². The van der Waals surface area contributed by atoms with Gasteiger partial charge in [0, 0.05) is 12.6 Å². The molecule has 3 rings (SSSR count). The molecule has 0 aromatic heterocycles. The molecule has 0 spiro atoms. The lowest BCUT2D eigenvalue weighted by Gasteiger charge is -2.29. The number of hydrogen-bond acceptors (Lipinski definition) is 5. The summed E-state index contributed by atoms with van der Waals surface area (Å²) in [6.45, 7) is 1.72. The standard InChI is InChI=1S/C21H28N2O5/c1-15(21(26)22-16-8-4-2-3-5-9-16)28-20(25)12-13-23-17-10-6-7-11-18(17)27-14-19(23)24/h6-7,10-11,15-16H,2-5,8-9,12-14H2,1H3,(H,22,26)/t15-/m1/s1. The number of anilines is 1. The summed E-state index contributed by atoms with van der Waals surface area (Å²) in [6, 6.07) is 7.37. The van der Waals surface area contributed by atoms with Crippen LogP contribution in [-0.4, -0.2) is 43.1 Å². The van der Waals surface area contributed by atoms with Gasteiger partial charge in [-0.05, 0) is 31.9 Å².